The Morgan fingerprint density at radius 2 is 1.83 bits per heavy atom. The van der Waals surface area contributed by atoms with E-state index in [2.05, 4.69) is 5.32 Å². The molecule has 1 aliphatic rings. The molecule has 1 atom stereocenters. The molecule has 1 fully saturated rings. The van der Waals surface area contributed by atoms with Gasteiger partial charge in [0.1, 0.15) is 0 Å². The third-order valence-corrected chi connectivity index (χ3v) is 4.29. The van der Waals surface area contributed by atoms with Crippen molar-refractivity contribution in [3.05, 3.63) is 60.2 Å². The predicted octanol–water partition coefficient (Wildman–Crippen LogP) is 3.31. The first-order valence-electron chi connectivity index (χ1n) is 7.96. The monoisotopic (exact) mass is 330 g/mol. The van der Waals surface area contributed by atoms with Crippen molar-refractivity contribution in [1.82, 2.24) is 10.2 Å². The summed E-state index contributed by atoms with van der Waals surface area (Å²) in [6.45, 7) is -0.0501. The van der Waals surface area contributed by atoms with Crippen molar-refractivity contribution in [2.24, 2.45) is 0 Å². The summed E-state index contributed by atoms with van der Waals surface area (Å²) < 4.78 is 26.6. The Balaban J connectivity index is 1.76. The zero-order chi connectivity index (χ0) is 17.2. The quantitative estimate of drug-likeness (QED) is 0.933. The number of amides is 1. The Morgan fingerprint density at radius 3 is 2.50 bits per heavy atom. The fourth-order valence-electron chi connectivity index (χ4n) is 3.05. The van der Waals surface area contributed by atoms with E-state index in [0.717, 1.165) is 16.7 Å². The molecule has 1 aliphatic heterocycles. The van der Waals surface area contributed by atoms with Gasteiger partial charge in [-0.2, -0.15) is 0 Å². The molecular formula is C19H20F2N2O. The Bertz CT molecular complexity index is 718. The highest BCUT2D eigenvalue weighted by Gasteiger charge is 2.43. The normalized spacial score (nSPS) is 19.2. The van der Waals surface area contributed by atoms with E-state index in [4.69, 9.17) is 0 Å². The maximum atomic E-state index is 13.3. The fourth-order valence-corrected chi connectivity index (χ4v) is 3.05. The lowest BCUT2D eigenvalue weighted by molar-refractivity contribution is -0.132. The van der Waals surface area contributed by atoms with Crippen LogP contribution in [0.25, 0.3) is 11.1 Å². The van der Waals surface area contributed by atoms with E-state index in [9.17, 15) is 13.6 Å². The van der Waals surface area contributed by atoms with Gasteiger partial charge in [-0.05, 0) is 16.7 Å². The lowest BCUT2D eigenvalue weighted by Crippen LogP contribution is -2.41. The largest absolute Gasteiger partial charge is 0.340 e. The van der Waals surface area contributed by atoms with E-state index in [1.165, 1.54) is 4.90 Å². The van der Waals surface area contributed by atoms with Crippen molar-refractivity contribution >= 4 is 5.91 Å². The van der Waals surface area contributed by atoms with Gasteiger partial charge >= 0.3 is 0 Å². The Hall–Kier alpha value is -2.27. The lowest BCUT2D eigenvalue weighted by Gasteiger charge is -2.22. The number of nitrogens with one attached hydrogen (secondary N) is 1. The maximum absolute atomic E-state index is 13.3. The molecule has 24 heavy (non-hydrogen) atoms. The highest BCUT2D eigenvalue weighted by atomic mass is 19.3. The highest BCUT2D eigenvalue weighted by molar-refractivity contribution is 5.82. The minimum atomic E-state index is -2.80. The van der Waals surface area contributed by atoms with Crippen molar-refractivity contribution in [2.75, 3.05) is 13.6 Å². The van der Waals surface area contributed by atoms with Gasteiger partial charge < -0.3 is 4.90 Å². The summed E-state index contributed by atoms with van der Waals surface area (Å²) in [4.78, 5) is 13.9. The molecule has 1 amide bonds. The van der Waals surface area contributed by atoms with Gasteiger partial charge in [-0.25, -0.2) is 8.78 Å². The van der Waals surface area contributed by atoms with E-state index in [1.54, 1.807) is 7.05 Å². The second-order valence-electron chi connectivity index (χ2n) is 6.21. The summed E-state index contributed by atoms with van der Waals surface area (Å²) in [5.74, 6) is -3.10. The van der Waals surface area contributed by atoms with Gasteiger partial charge in [-0.1, -0.05) is 54.6 Å². The number of rotatable bonds is 4. The number of carbonyl (C=O) groups is 1. The summed E-state index contributed by atoms with van der Waals surface area (Å²) >= 11 is 0. The topological polar surface area (TPSA) is 32.3 Å². The average Bonchev–Trinajstić information content (AvgIpc) is 2.95. The molecule has 0 spiro atoms. The summed E-state index contributed by atoms with van der Waals surface area (Å²) in [5, 5.41) is 2.62. The SMILES string of the molecule is CN(Cc1ccccc1-c1ccccc1)C(=O)C1CC(F)(F)CN1. The fraction of sp³-hybridized carbons (Fsp3) is 0.316. The van der Waals surface area contributed by atoms with Crippen molar-refractivity contribution in [1.29, 1.82) is 0 Å². The molecule has 1 saturated heterocycles. The Morgan fingerprint density at radius 1 is 1.17 bits per heavy atom. The zero-order valence-corrected chi connectivity index (χ0v) is 13.5. The molecule has 1 unspecified atom stereocenters. The van der Waals surface area contributed by atoms with Crippen LogP contribution in [0.2, 0.25) is 0 Å². The van der Waals surface area contributed by atoms with Crippen LogP contribution in [-0.4, -0.2) is 36.4 Å². The van der Waals surface area contributed by atoms with Crippen LogP contribution in [0.4, 0.5) is 8.78 Å². The molecule has 0 aromatic heterocycles. The highest BCUT2D eigenvalue weighted by Crippen LogP contribution is 2.27. The number of benzene rings is 2. The van der Waals surface area contributed by atoms with Crippen LogP contribution in [0.3, 0.4) is 0 Å². The summed E-state index contributed by atoms with van der Waals surface area (Å²) in [7, 11) is 1.66. The van der Waals surface area contributed by atoms with Crippen molar-refractivity contribution in [3.63, 3.8) is 0 Å². The van der Waals surface area contributed by atoms with Crippen LogP contribution in [0, 0.1) is 0 Å². The Kier molecular flexibility index (Phi) is 4.62. The molecule has 2 aromatic carbocycles. The standard InChI is InChI=1S/C19H20F2N2O/c1-23(18(24)17-11-19(20,21)13-22-17)12-15-9-5-6-10-16(15)14-7-3-2-4-8-14/h2-10,17,22H,11-13H2,1H3. The first-order valence-corrected chi connectivity index (χ1v) is 7.96. The third-order valence-electron chi connectivity index (χ3n) is 4.29. The van der Waals surface area contributed by atoms with Gasteiger partial charge in [0.2, 0.25) is 5.91 Å². The molecule has 5 heteroatoms. The van der Waals surface area contributed by atoms with Crippen LogP contribution in [-0.2, 0) is 11.3 Å². The van der Waals surface area contributed by atoms with Gasteiger partial charge in [-0.15, -0.1) is 0 Å². The van der Waals surface area contributed by atoms with Crippen molar-refractivity contribution in [2.45, 2.75) is 24.9 Å². The molecule has 1 heterocycles. The van der Waals surface area contributed by atoms with Crippen LogP contribution in [0.1, 0.15) is 12.0 Å². The first-order chi connectivity index (χ1) is 11.5. The molecule has 0 bridgehead atoms. The molecule has 2 aromatic rings. The second kappa shape index (κ2) is 6.69. The van der Waals surface area contributed by atoms with E-state index < -0.39 is 24.9 Å². The molecule has 0 aliphatic carbocycles. The van der Waals surface area contributed by atoms with Crippen molar-refractivity contribution in [3.8, 4) is 11.1 Å². The summed E-state index contributed by atoms with van der Waals surface area (Å²) in [6.07, 6.45) is -0.434. The molecule has 3 nitrogen and oxygen atoms in total. The van der Waals surface area contributed by atoms with E-state index >= 15 is 0 Å². The van der Waals surface area contributed by atoms with Gasteiger partial charge in [-0.3, -0.25) is 10.1 Å². The summed E-state index contributed by atoms with van der Waals surface area (Å²) in [5.41, 5.74) is 3.10. The van der Waals surface area contributed by atoms with E-state index in [1.807, 2.05) is 54.6 Å². The Labute approximate surface area is 140 Å². The minimum Gasteiger partial charge on any atom is -0.340 e. The van der Waals surface area contributed by atoms with Gasteiger partial charge in [0.05, 0.1) is 12.6 Å². The van der Waals surface area contributed by atoms with Crippen LogP contribution in [0.5, 0.6) is 0 Å². The van der Waals surface area contributed by atoms with Gasteiger partial charge in [0, 0.05) is 20.0 Å². The first kappa shape index (κ1) is 16.6. The molecule has 1 N–H and O–H groups in total. The molecule has 0 radical (unpaired) electrons. The van der Waals surface area contributed by atoms with Gasteiger partial charge in [0.25, 0.3) is 5.92 Å². The molecule has 3 rings (SSSR count). The molecule has 126 valence electrons. The number of nitrogens with zero attached hydrogens (tertiary/aromatic N) is 1. The second-order valence-corrected chi connectivity index (χ2v) is 6.21. The number of halogens is 2. The van der Waals surface area contributed by atoms with E-state index in [-0.39, 0.29) is 5.91 Å². The minimum absolute atomic E-state index is 0.296. The number of alkyl halides is 2. The van der Waals surface area contributed by atoms with Crippen LogP contribution in [0.15, 0.2) is 54.6 Å². The predicted molar refractivity (Wildman–Crippen MR) is 89.7 cm³/mol. The molecule has 0 saturated carbocycles. The average molecular weight is 330 g/mol. The number of likely N-dealkylation sites (N-methyl/N-ethyl adjacent to an activating group) is 1. The zero-order valence-electron chi connectivity index (χ0n) is 13.5. The smallest absolute Gasteiger partial charge is 0.262 e. The summed E-state index contributed by atoms with van der Waals surface area (Å²) in [6, 6.07) is 16.9. The number of hydrogen-bond donors (Lipinski definition) is 1. The lowest BCUT2D eigenvalue weighted by atomic mass is 9.99. The maximum Gasteiger partial charge on any atom is 0.262 e. The van der Waals surface area contributed by atoms with Crippen molar-refractivity contribution < 1.29 is 13.6 Å². The van der Waals surface area contributed by atoms with Gasteiger partial charge in [0.15, 0.2) is 0 Å². The van der Waals surface area contributed by atoms with Crippen LogP contribution < -0.4 is 5.32 Å². The van der Waals surface area contributed by atoms with Crippen LogP contribution >= 0.6 is 0 Å². The molecular weight excluding hydrogens is 310 g/mol. The van der Waals surface area contributed by atoms with E-state index in [0.29, 0.717) is 6.54 Å². The number of carbonyl (C=O) groups excluding carboxylic acids is 1. The number of hydrogen-bond acceptors (Lipinski definition) is 2. The third kappa shape index (κ3) is 3.62.